The Kier molecular flexibility index (Phi) is 5.38. The Labute approximate surface area is 124 Å². The molecule has 1 aliphatic rings. The predicted molar refractivity (Wildman–Crippen MR) is 83.7 cm³/mol. The maximum Gasteiger partial charge on any atom is 0.273 e. The Morgan fingerprint density at radius 2 is 2.00 bits per heavy atom. The molecule has 0 bridgehead atoms. The lowest BCUT2D eigenvalue weighted by Crippen LogP contribution is -2.34. The summed E-state index contributed by atoms with van der Waals surface area (Å²) in [6.07, 6.45) is 4.26. The van der Waals surface area contributed by atoms with Gasteiger partial charge in [0.25, 0.3) is 5.69 Å². The largest absolute Gasteiger partial charge is 0.396 e. The van der Waals surface area contributed by atoms with Crippen LogP contribution in [0, 0.1) is 16.0 Å². The van der Waals surface area contributed by atoms with Crippen LogP contribution in [0.3, 0.4) is 0 Å². The summed E-state index contributed by atoms with van der Waals surface area (Å²) in [5.41, 5.74) is 1.56. The third kappa shape index (κ3) is 4.07. The summed E-state index contributed by atoms with van der Waals surface area (Å²) >= 11 is 0. The van der Waals surface area contributed by atoms with E-state index in [4.69, 9.17) is 0 Å². The van der Waals surface area contributed by atoms with Gasteiger partial charge in [-0.05, 0) is 25.8 Å². The molecule has 0 aliphatic heterocycles. The van der Waals surface area contributed by atoms with Crippen molar-refractivity contribution >= 4 is 17.1 Å². The Hall–Kier alpha value is -1.82. The van der Waals surface area contributed by atoms with Crippen LogP contribution in [-0.4, -0.2) is 29.2 Å². The molecule has 1 aromatic rings. The average molecular weight is 293 g/mol. The summed E-state index contributed by atoms with van der Waals surface area (Å²) in [6, 6.07) is 5.17. The first-order valence-corrected chi connectivity index (χ1v) is 7.54. The van der Waals surface area contributed by atoms with Crippen molar-refractivity contribution in [3.63, 3.8) is 0 Å². The summed E-state index contributed by atoms with van der Waals surface area (Å²) in [5.74, 6) is 0.223. The molecule has 6 heteroatoms. The monoisotopic (exact) mass is 293 g/mol. The molecule has 1 aromatic carbocycles. The topological polar surface area (TPSA) is 87.4 Å². The second-order valence-electron chi connectivity index (χ2n) is 5.53. The van der Waals surface area contributed by atoms with Crippen molar-refractivity contribution in [1.29, 1.82) is 0 Å². The minimum atomic E-state index is -0.379. The first kappa shape index (κ1) is 15.6. The SMILES string of the molecule is CCNc1cc(NC2CCCCC2CO)cc([N+](=O)[O-])c1. The molecule has 1 fully saturated rings. The van der Waals surface area contributed by atoms with Crippen LogP contribution in [0.25, 0.3) is 0 Å². The molecule has 0 saturated heterocycles. The van der Waals surface area contributed by atoms with Gasteiger partial charge in [0.1, 0.15) is 0 Å². The molecule has 0 spiro atoms. The van der Waals surface area contributed by atoms with Gasteiger partial charge >= 0.3 is 0 Å². The molecule has 0 aromatic heterocycles. The number of aliphatic hydroxyl groups is 1. The second kappa shape index (κ2) is 7.26. The summed E-state index contributed by atoms with van der Waals surface area (Å²) in [6.45, 7) is 2.82. The van der Waals surface area contributed by atoms with E-state index in [1.807, 2.05) is 13.0 Å². The van der Waals surface area contributed by atoms with Crippen molar-refractivity contribution in [2.24, 2.45) is 5.92 Å². The molecule has 6 nitrogen and oxygen atoms in total. The lowest BCUT2D eigenvalue weighted by atomic mass is 9.85. The number of nitro groups is 1. The fraction of sp³-hybridized carbons (Fsp3) is 0.600. The van der Waals surface area contributed by atoms with E-state index in [2.05, 4.69) is 10.6 Å². The second-order valence-corrected chi connectivity index (χ2v) is 5.53. The minimum Gasteiger partial charge on any atom is -0.396 e. The molecule has 116 valence electrons. The lowest BCUT2D eigenvalue weighted by molar-refractivity contribution is -0.384. The third-order valence-electron chi connectivity index (χ3n) is 4.01. The van der Waals surface area contributed by atoms with Gasteiger partial charge in [-0.15, -0.1) is 0 Å². The smallest absolute Gasteiger partial charge is 0.273 e. The molecular weight excluding hydrogens is 270 g/mol. The molecule has 21 heavy (non-hydrogen) atoms. The van der Waals surface area contributed by atoms with Crippen molar-refractivity contribution in [2.75, 3.05) is 23.8 Å². The zero-order valence-corrected chi connectivity index (χ0v) is 12.3. The van der Waals surface area contributed by atoms with Crippen LogP contribution in [0.1, 0.15) is 32.6 Å². The van der Waals surface area contributed by atoms with E-state index in [9.17, 15) is 15.2 Å². The number of hydrogen-bond acceptors (Lipinski definition) is 5. The standard InChI is InChI=1S/C15H23N3O3/c1-2-16-12-7-13(9-14(8-12)18(20)21)17-15-6-4-3-5-11(15)10-19/h7-9,11,15-17,19H,2-6,10H2,1H3. The molecule has 2 atom stereocenters. The normalized spacial score (nSPS) is 21.8. The van der Waals surface area contributed by atoms with E-state index in [-0.39, 0.29) is 29.2 Å². The Bertz CT molecular complexity index is 493. The highest BCUT2D eigenvalue weighted by Crippen LogP contribution is 2.30. The summed E-state index contributed by atoms with van der Waals surface area (Å²) in [5, 5.41) is 27.0. The van der Waals surface area contributed by atoms with Gasteiger partial charge in [-0.3, -0.25) is 10.1 Å². The van der Waals surface area contributed by atoms with Crippen LogP contribution in [0.4, 0.5) is 17.1 Å². The van der Waals surface area contributed by atoms with Gasteiger partial charge in [-0.1, -0.05) is 12.8 Å². The summed E-state index contributed by atoms with van der Waals surface area (Å²) in [4.78, 5) is 10.7. The summed E-state index contributed by atoms with van der Waals surface area (Å²) < 4.78 is 0. The van der Waals surface area contributed by atoms with E-state index >= 15 is 0 Å². The van der Waals surface area contributed by atoms with Gasteiger partial charge in [0, 0.05) is 48.6 Å². The van der Waals surface area contributed by atoms with Crippen LogP contribution >= 0.6 is 0 Å². The van der Waals surface area contributed by atoms with Crippen LogP contribution < -0.4 is 10.6 Å². The fourth-order valence-electron chi connectivity index (χ4n) is 2.94. The molecular formula is C15H23N3O3. The van der Waals surface area contributed by atoms with Gasteiger partial charge in [-0.25, -0.2) is 0 Å². The molecule has 0 amide bonds. The molecule has 1 aliphatic carbocycles. The zero-order chi connectivity index (χ0) is 15.2. The molecule has 1 saturated carbocycles. The first-order valence-electron chi connectivity index (χ1n) is 7.54. The molecule has 0 heterocycles. The van der Waals surface area contributed by atoms with E-state index in [0.29, 0.717) is 6.54 Å². The maximum absolute atomic E-state index is 11.0. The lowest BCUT2D eigenvalue weighted by Gasteiger charge is -2.31. The van der Waals surface area contributed by atoms with Gasteiger partial charge in [0.2, 0.25) is 0 Å². The highest BCUT2D eigenvalue weighted by molar-refractivity contribution is 5.63. The van der Waals surface area contributed by atoms with Crippen molar-refractivity contribution in [2.45, 2.75) is 38.6 Å². The number of nitrogens with one attached hydrogen (secondary N) is 2. The van der Waals surface area contributed by atoms with Crippen molar-refractivity contribution in [1.82, 2.24) is 0 Å². The number of hydrogen-bond donors (Lipinski definition) is 3. The molecule has 3 N–H and O–H groups in total. The number of aliphatic hydroxyl groups excluding tert-OH is 1. The highest BCUT2D eigenvalue weighted by atomic mass is 16.6. The highest BCUT2D eigenvalue weighted by Gasteiger charge is 2.24. The number of nitro benzene ring substituents is 1. The Balaban J connectivity index is 2.19. The first-order chi connectivity index (χ1) is 10.1. The van der Waals surface area contributed by atoms with Gasteiger partial charge in [-0.2, -0.15) is 0 Å². The van der Waals surface area contributed by atoms with Crippen LogP contribution in [0.2, 0.25) is 0 Å². The molecule has 2 rings (SSSR count). The number of rotatable bonds is 6. The van der Waals surface area contributed by atoms with Gasteiger partial charge in [0.15, 0.2) is 0 Å². The van der Waals surface area contributed by atoms with Gasteiger partial charge in [0.05, 0.1) is 4.92 Å². The zero-order valence-electron chi connectivity index (χ0n) is 12.3. The van der Waals surface area contributed by atoms with E-state index in [1.54, 1.807) is 12.1 Å². The van der Waals surface area contributed by atoms with E-state index in [0.717, 1.165) is 37.1 Å². The quantitative estimate of drug-likeness (QED) is 0.554. The van der Waals surface area contributed by atoms with E-state index in [1.165, 1.54) is 0 Å². The van der Waals surface area contributed by atoms with Crippen molar-refractivity contribution < 1.29 is 10.0 Å². The van der Waals surface area contributed by atoms with Crippen molar-refractivity contribution in [3.05, 3.63) is 28.3 Å². The predicted octanol–water partition coefficient (Wildman–Crippen LogP) is 2.99. The summed E-state index contributed by atoms with van der Waals surface area (Å²) in [7, 11) is 0. The van der Waals surface area contributed by atoms with Crippen molar-refractivity contribution in [3.8, 4) is 0 Å². The minimum absolute atomic E-state index is 0.0762. The average Bonchev–Trinajstić information content (AvgIpc) is 2.48. The Morgan fingerprint density at radius 3 is 2.67 bits per heavy atom. The van der Waals surface area contributed by atoms with Crippen LogP contribution in [0.15, 0.2) is 18.2 Å². The number of nitrogens with zero attached hydrogens (tertiary/aromatic N) is 1. The number of anilines is 2. The van der Waals surface area contributed by atoms with E-state index < -0.39 is 0 Å². The maximum atomic E-state index is 11.0. The number of benzene rings is 1. The van der Waals surface area contributed by atoms with Crippen LogP contribution in [-0.2, 0) is 0 Å². The van der Waals surface area contributed by atoms with Crippen LogP contribution in [0.5, 0.6) is 0 Å². The van der Waals surface area contributed by atoms with Gasteiger partial charge < -0.3 is 15.7 Å². The fourth-order valence-corrected chi connectivity index (χ4v) is 2.94. The third-order valence-corrected chi connectivity index (χ3v) is 4.01. The molecule has 2 unspecified atom stereocenters. The Morgan fingerprint density at radius 1 is 1.29 bits per heavy atom. The number of non-ortho nitro benzene ring substituents is 1. The molecule has 0 radical (unpaired) electrons.